The minimum absolute atomic E-state index is 0.0864. The molecule has 1 aliphatic carbocycles. The zero-order chi connectivity index (χ0) is 16.1. The lowest BCUT2D eigenvalue weighted by Crippen LogP contribution is -2.27. The zero-order valence-corrected chi connectivity index (χ0v) is 13.5. The second kappa shape index (κ2) is 6.86. The van der Waals surface area contributed by atoms with Crippen LogP contribution in [-0.4, -0.2) is 12.5 Å². The molecule has 1 amide bonds. The molecule has 0 heterocycles. The van der Waals surface area contributed by atoms with E-state index in [1.165, 1.54) is 0 Å². The fourth-order valence-electron chi connectivity index (χ4n) is 2.75. The van der Waals surface area contributed by atoms with E-state index in [4.69, 9.17) is 4.74 Å². The number of hydrogen-bond donors (Lipinski definition) is 1. The Morgan fingerprint density at radius 1 is 1.09 bits per heavy atom. The molecule has 0 spiro atoms. The molecule has 3 heteroatoms. The summed E-state index contributed by atoms with van der Waals surface area (Å²) in [5.74, 6) is 0.934. The first kappa shape index (κ1) is 15.6. The van der Waals surface area contributed by atoms with Crippen LogP contribution in [0.25, 0.3) is 0 Å². The highest BCUT2D eigenvalue weighted by Crippen LogP contribution is 2.48. The van der Waals surface area contributed by atoms with Crippen molar-refractivity contribution < 1.29 is 9.53 Å². The highest BCUT2D eigenvalue weighted by molar-refractivity contribution is 6.01. The van der Waals surface area contributed by atoms with E-state index in [1.807, 2.05) is 54.6 Å². The minimum Gasteiger partial charge on any atom is -0.494 e. The van der Waals surface area contributed by atoms with Crippen LogP contribution in [0.5, 0.6) is 5.75 Å². The average Bonchev–Trinajstić information content (AvgIpc) is 3.39. The second-order valence-corrected chi connectivity index (χ2v) is 6.13. The van der Waals surface area contributed by atoms with Gasteiger partial charge in [-0.15, -0.1) is 0 Å². The largest absolute Gasteiger partial charge is 0.494 e. The SMILES string of the molecule is CCCCOc1ccc(NC(=O)C2(c3ccccc3)CC2)cc1. The number of benzene rings is 2. The Balaban J connectivity index is 1.62. The summed E-state index contributed by atoms with van der Waals surface area (Å²) >= 11 is 0. The summed E-state index contributed by atoms with van der Waals surface area (Å²) in [6.07, 6.45) is 4.01. The van der Waals surface area contributed by atoms with Gasteiger partial charge in [0.2, 0.25) is 5.91 Å². The lowest BCUT2D eigenvalue weighted by Gasteiger charge is -2.16. The first-order valence-corrected chi connectivity index (χ1v) is 8.34. The van der Waals surface area contributed by atoms with Crippen molar-refractivity contribution in [3.05, 3.63) is 60.2 Å². The Morgan fingerprint density at radius 2 is 1.78 bits per heavy atom. The molecule has 2 aromatic rings. The number of unbranched alkanes of at least 4 members (excludes halogenated alkanes) is 1. The standard InChI is InChI=1S/C20H23NO2/c1-2-3-15-23-18-11-9-17(10-12-18)21-19(22)20(13-14-20)16-7-5-4-6-8-16/h4-12H,2-3,13-15H2,1H3,(H,21,22). The van der Waals surface area contributed by atoms with Crippen molar-refractivity contribution in [2.45, 2.75) is 38.0 Å². The summed E-state index contributed by atoms with van der Waals surface area (Å²) < 4.78 is 5.64. The van der Waals surface area contributed by atoms with Gasteiger partial charge in [0.1, 0.15) is 5.75 Å². The van der Waals surface area contributed by atoms with Gasteiger partial charge in [-0.2, -0.15) is 0 Å². The maximum absolute atomic E-state index is 12.7. The van der Waals surface area contributed by atoms with Gasteiger partial charge >= 0.3 is 0 Å². The summed E-state index contributed by atoms with van der Waals surface area (Å²) in [5.41, 5.74) is 1.59. The molecule has 1 fully saturated rings. The fourth-order valence-corrected chi connectivity index (χ4v) is 2.75. The molecule has 3 nitrogen and oxygen atoms in total. The van der Waals surface area contributed by atoms with Gasteiger partial charge in [-0.1, -0.05) is 43.7 Å². The van der Waals surface area contributed by atoms with Crippen LogP contribution in [0.2, 0.25) is 0 Å². The van der Waals surface area contributed by atoms with Crippen LogP contribution < -0.4 is 10.1 Å². The van der Waals surface area contributed by atoms with Gasteiger partial charge < -0.3 is 10.1 Å². The molecular weight excluding hydrogens is 286 g/mol. The van der Waals surface area contributed by atoms with Crippen LogP contribution in [0.3, 0.4) is 0 Å². The van der Waals surface area contributed by atoms with Crippen LogP contribution in [0.15, 0.2) is 54.6 Å². The molecule has 2 aromatic carbocycles. The van der Waals surface area contributed by atoms with Crippen molar-refractivity contribution in [3.8, 4) is 5.75 Å². The number of carbonyl (C=O) groups is 1. The summed E-state index contributed by atoms with van der Waals surface area (Å²) in [5, 5.41) is 3.04. The number of hydrogen-bond acceptors (Lipinski definition) is 2. The monoisotopic (exact) mass is 309 g/mol. The maximum Gasteiger partial charge on any atom is 0.235 e. The molecule has 1 aliphatic rings. The van der Waals surface area contributed by atoms with Gasteiger partial charge in [0.15, 0.2) is 0 Å². The molecule has 120 valence electrons. The van der Waals surface area contributed by atoms with Gasteiger partial charge in [-0.3, -0.25) is 4.79 Å². The number of amides is 1. The topological polar surface area (TPSA) is 38.3 Å². The van der Waals surface area contributed by atoms with E-state index in [-0.39, 0.29) is 11.3 Å². The molecular formula is C20H23NO2. The molecule has 0 radical (unpaired) electrons. The molecule has 0 aromatic heterocycles. The zero-order valence-electron chi connectivity index (χ0n) is 13.5. The molecule has 23 heavy (non-hydrogen) atoms. The smallest absolute Gasteiger partial charge is 0.235 e. The minimum atomic E-state index is -0.336. The molecule has 1 saturated carbocycles. The number of ether oxygens (including phenoxy) is 1. The summed E-state index contributed by atoms with van der Waals surface area (Å²) in [4.78, 5) is 12.7. The first-order chi connectivity index (χ1) is 11.2. The predicted octanol–water partition coefficient (Wildman–Crippen LogP) is 4.54. The number of anilines is 1. The van der Waals surface area contributed by atoms with Crippen molar-refractivity contribution in [2.75, 3.05) is 11.9 Å². The first-order valence-electron chi connectivity index (χ1n) is 8.34. The molecule has 0 saturated heterocycles. The lowest BCUT2D eigenvalue weighted by atomic mass is 9.95. The number of carbonyl (C=O) groups excluding carboxylic acids is 1. The molecule has 0 unspecified atom stereocenters. The van der Waals surface area contributed by atoms with Crippen LogP contribution in [0, 0.1) is 0 Å². The maximum atomic E-state index is 12.7. The normalized spacial score (nSPS) is 15.0. The third kappa shape index (κ3) is 3.55. The Morgan fingerprint density at radius 3 is 2.39 bits per heavy atom. The van der Waals surface area contributed by atoms with Gasteiger partial charge in [0.05, 0.1) is 12.0 Å². The molecule has 0 aliphatic heterocycles. The van der Waals surface area contributed by atoms with E-state index in [0.717, 1.165) is 49.3 Å². The number of rotatable bonds is 7. The van der Waals surface area contributed by atoms with Crippen molar-refractivity contribution >= 4 is 11.6 Å². The predicted molar refractivity (Wildman–Crippen MR) is 92.8 cm³/mol. The Hall–Kier alpha value is -2.29. The van der Waals surface area contributed by atoms with E-state index >= 15 is 0 Å². The van der Waals surface area contributed by atoms with E-state index in [2.05, 4.69) is 12.2 Å². The number of nitrogens with one attached hydrogen (secondary N) is 1. The van der Waals surface area contributed by atoms with Crippen LogP contribution in [0.4, 0.5) is 5.69 Å². The van der Waals surface area contributed by atoms with Crippen LogP contribution in [-0.2, 0) is 10.2 Å². The van der Waals surface area contributed by atoms with E-state index in [9.17, 15) is 4.79 Å². The van der Waals surface area contributed by atoms with Crippen molar-refractivity contribution in [1.29, 1.82) is 0 Å². The average molecular weight is 309 g/mol. The Bertz CT molecular complexity index is 645. The van der Waals surface area contributed by atoms with Gasteiger partial charge in [-0.25, -0.2) is 0 Å². The highest BCUT2D eigenvalue weighted by atomic mass is 16.5. The third-order valence-electron chi connectivity index (χ3n) is 4.39. The van der Waals surface area contributed by atoms with Gasteiger partial charge in [0.25, 0.3) is 0 Å². The molecule has 0 atom stereocenters. The van der Waals surface area contributed by atoms with Crippen LogP contribution >= 0.6 is 0 Å². The third-order valence-corrected chi connectivity index (χ3v) is 4.39. The van der Waals surface area contributed by atoms with Crippen molar-refractivity contribution in [2.24, 2.45) is 0 Å². The van der Waals surface area contributed by atoms with E-state index in [1.54, 1.807) is 0 Å². The second-order valence-electron chi connectivity index (χ2n) is 6.13. The molecule has 0 bridgehead atoms. The van der Waals surface area contributed by atoms with Crippen molar-refractivity contribution in [1.82, 2.24) is 0 Å². The summed E-state index contributed by atoms with van der Waals surface area (Å²) in [6, 6.07) is 17.7. The summed E-state index contributed by atoms with van der Waals surface area (Å²) in [6.45, 7) is 2.88. The van der Waals surface area contributed by atoms with Crippen LogP contribution in [0.1, 0.15) is 38.2 Å². The van der Waals surface area contributed by atoms with Crippen molar-refractivity contribution in [3.63, 3.8) is 0 Å². The van der Waals surface area contributed by atoms with Gasteiger partial charge in [0, 0.05) is 5.69 Å². The van der Waals surface area contributed by atoms with E-state index < -0.39 is 0 Å². The van der Waals surface area contributed by atoms with E-state index in [0.29, 0.717) is 0 Å². The molecule has 3 rings (SSSR count). The Labute approximate surface area is 137 Å². The highest BCUT2D eigenvalue weighted by Gasteiger charge is 2.51. The fraction of sp³-hybridized carbons (Fsp3) is 0.350. The summed E-state index contributed by atoms with van der Waals surface area (Å²) in [7, 11) is 0. The lowest BCUT2D eigenvalue weighted by molar-refractivity contribution is -0.118. The Kier molecular flexibility index (Phi) is 4.65. The van der Waals surface area contributed by atoms with Gasteiger partial charge in [-0.05, 0) is 49.1 Å². The quantitative estimate of drug-likeness (QED) is 0.763. The molecule has 1 N–H and O–H groups in total.